The Kier molecular flexibility index (Phi) is 4.94. The van der Waals surface area contributed by atoms with Crippen LogP contribution >= 0.6 is 0 Å². The second-order valence-corrected chi connectivity index (χ2v) is 7.08. The number of fused-ring (bicyclic) bond motifs is 1. The molecule has 3 aromatic carbocycles. The first-order valence-electron chi connectivity index (χ1n) is 9.47. The van der Waals surface area contributed by atoms with E-state index in [1.807, 2.05) is 91.9 Å². The van der Waals surface area contributed by atoms with Gasteiger partial charge in [0.1, 0.15) is 0 Å². The first-order chi connectivity index (χ1) is 13.6. The van der Waals surface area contributed by atoms with Crippen LogP contribution in [0, 0.1) is 0 Å². The molecular weight excluding hydrogens is 348 g/mol. The average molecular weight is 370 g/mol. The van der Waals surface area contributed by atoms with E-state index in [0.717, 1.165) is 28.8 Å². The van der Waals surface area contributed by atoms with Crippen LogP contribution in [-0.2, 0) is 16.0 Å². The number of nitrogens with zero attached hydrogens (tertiary/aromatic N) is 1. The third kappa shape index (κ3) is 3.41. The number of anilines is 1. The maximum Gasteiger partial charge on any atom is 0.316 e. The lowest BCUT2D eigenvalue weighted by atomic mass is 9.98. The van der Waals surface area contributed by atoms with Crippen LogP contribution in [-0.4, -0.2) is 17.9 Å². The van der Waals surface area contributed by atoms with Gasteiger partial charge in [-0.05, 0) is 36.1 Å². The van der Waals surface area contributed by atoms with Crippen molar-refractivity contribution in [2.24, 2.45) is 0 Å². The largest absolute Gasteiger partial charge is 0.337 e. The summed E-state index contributed by atoms with van der Waals surface area (Å²) >= 11 is 0. The highest BCUT2D eigenvalue weighted by molar-refractivity contribution is 6.40. The van der Waals surface area contributed by atoms with Crippen LogP contribution < -0.4 is 10.2 Å². The summed E-state index contributed by atoms with van der Waals surface area (Å²) in [7, 11) is 0. The fourth-order valence-electron chi connectivity index (χ4n) is 3.83. The Balaban J connectivity index is 1.61. The molecule has 0 saturated carbocycles. The first-order valence-corrected chi connectivity index (χ1v) is 9.47. The first kappa shape index (κ1) is 18.0. The van der Waals surface area contributed by atoms with Crippen LogP contribution in [0.2, 0.25) is 0 Å². The molecule has 0 radical (unpaired) electrons. The monoisotopic (exact) mass is 370 g/mol. The lowest BCUT2D eigenvalue weighted by Crippen LogP contribution is -2.46. The van der Waals surface area contributed by atoms with Gasteiger partial charge in [-0.1, -0.05) is 78.9 Å². The number of rotatable bonds is 3. The van der Waals surface area contributed by atoms with Crippen molar-refractivity contribution in [3.63, 3.8) is 0 Å². The summed E-state index contributed by atoms with van der Waals surface area (Å²) in [5.41, 5.74) is 3.79. The van der Waals surface area contributed by atoms with E-state index >= 15 is 0 Å². The quantitative estimate of drug-likeness (QED) is 0.712. The fourth-order valence-corrected chi connectivity index (χ4v) is 3.83. The van der Waals surface area contributed by atoms with Gasteiger partial charge in [-0.3, -0.25) is 9.59 Å². The zero-order chi connectivity index (χ0) is 19.5. The normalized spacial score (nSPS) is 15.4. The van der Waals surface area contributed by atoms with Crippen LogP contribution in [0.1, 0.15) is 29.7 Å². The molecule has 0 aliphatic carbocycles. The Morgan fingerprint density at radius 3 is 2.00 bits per heavy atom. The predicted molar refractivity (Wildman–Crippen MR) is 110 cm³/mol. The van der Waals surface area contributed by atoms with Gasteiger partial charge in [0.05, 0.1) is 6.04 Å². The van der Waals surface area contributed by atoms with Gasteiger partial charge in [-0.2, -0.15) is 0 Å². The van der Waals surface area contributed by atoms with Crippen molar-refractivity contribution in [2.45, 2.75) is 25.4 Å². The molecule has 0 bridgehead atoms. The van der Waals surface area contributed by atoms with Gasteiger partial charge in [0.25, 0.3) is 0 Å². The van der Waals surface area contributed by atoms with E-state index in [9.17, 15) is 9.59 Å². The van der Waals surface area contributed by atoms with Gasteiger partial charge in [-0.25, -0.2) is 0 Å². The highest BCUT2D eigenvalue weighted by Crippen LogP contribution is 2.32. The van der Waals surface area contributed by atoms with Crippen LogP contribution in [0.25, 0.3) is 0 Å². The number of carbonyl (C=O) groups is 2. The van der Waals surface area contributed by atoms with Crippen molar-refractivity contribution < 1.29 is 9.59 Å². The molecule has 28 heavy (non-hydrogen) atoms. The van der Waals surface area contributed by atoms with E-state index in [1.165, 1.54) is 0 Å². The highest BCUT2D eigenvalue weighted by atomic mass is 16.2. The fraction of sp³-hybridized carbons (Fsp3) is 0.167. The SMILES string of the molecule is CC1Cc2ccccc2N1C(=O)C(=O)NC(c1ccccc1)c1ccccc1. The summed E-state index contributed by atoms with van der Waals surface area (Å²) in [6.07, 6.45) is 0.760. The number of para-hydroxylation sites is 1. The molecule has 4 rings (SSSR count). The summed E-state index contributed by atoms with van der Waals surface area (Å²) in [5.74, 6) is -1.12. The second kappa shape index (κ2) is 7.69. The topological polar surface area (TPSA) is 49.4 Å². The molecule has 2 amide bonds. The minimum atomic E-state index is -0.596. The number of benzene rings is 3. The van der Waals surface area contributed by atoms with Crippen LogP contribution in [0.15, 0.2) is 84.9 Å². The van der Waals surface area contributed by atoms with E-state index in [1.54, 1.807) is 4.90 Å². The van der Waals surface area contributed by atoms with Gasteiger partial charge >= 0.3 is 11.8 Å². The van der Waals surface area contributed by atoms with Gasteiger partial charge in [0.15, 0.2) is 0 Å². The van der Waals surface area contributed by atoms with E-state index in [4.69, 9.17) is 0 Å². The number of carbonyl (C=O) groups excluding carboxylic acids is 2. The van der Waals surface area contributed by atoms with Gasteiger partial charge in [0, 0.05) is 11.7 Å². The third-order valence-corrected chi connectivity index (χ3v) is 5.16. The average Bonchev–Trinajstić information content (AvgIpc) is 3.08. The Morgan fingerprint density at radius 2 is 1.39 bits per heavy atom. The molecule has 1 N–H and O–H groups in total. The van der Waals surface area contributed by atoms with E-state index in [-0.39, 0.29) is 12.1 Å². The van der Waals surface area contributed by atoms with Crippen molar-refractivity contribution in [3.05, 3.63) is 102 Å². The lowest BCUT2D eigenvalue weighted by Gasteiger charge is -2.24. The molecule has 0 saturated heterocycles. The van der Waals surface area contributed by atoms with Gasteiger partial charge in [-0.15, -0.1) is 0 Å². The molecule has 0 spiro atoms. The van der Waals surface area contributed by atoms with Gasteiger partial charge in [0.2, 0.25) is 0 Å². The Hall–Kier alpha value is -3.40. The third-order valence-electron chi connectivity index (χ3n) is 5.16. The zero-order valence-electron chi connectivity index (χ0n) is 15.7. The van der Waals surface area contributed by atoms with Crippen molar-refractivity contribution >= 4 is 17.5 Å². The van der Waals surface area contributed by atoms with Crippen molar-refractivity contribution in [1.82, 2.24) is 5.32 Å². The molecule has 4 nitrogen and oxygen atoms in total. The molecule has 1 heterocycles. The predicted octanol–water partition coefficient (Wildman–Crippen LogP) is 3.87. The minimum Gasteiger partial charge on any atom is -0.337 e. The zero-order valence-corrected chi connectivity index (χ0v) is 15.7. The summed E-state index contributed by atoms with van der Waals surface area (Å²) in [6, 6.07) is 26.7. The summed E-state index contributed by atoms with van der Waals surface area (Å²) in [6.45, 7) is 1.97. The molecule has 1 aliphatic heterocycles. The molecule has 1 atom stereocenters. The lowest BCUT2D eigenvalue weighted by molar-refractivity contribution is -0.138. The Morgan fingerprint density at radius 1 is 0.857 bits per heavy atom. The van der Waals surface area contributed by atoms with Crippen LogP contribution in [0.3, 0.4) is 0 Å². The van der Waals surface area contributed by atoms with E-state index in [2.05, 4.69) is 5.32 Å². The smallest absolute Gasteiger partial charge is 0.316 e. The maximum atomic E-state index is 13.0. The van der Waals surface area contributed by atoms with Gasteiger partial charge < -0.3 is 10.2 Å². The molecule has 4 heteroatoms. The number of nitrogens with one attached hydrogen (secondary N) is 1. The van der Waals surface area contributed by atoms with Crippen LogP contribution in [0.4, 0.5) is 5.69 Å². The Bertz CT molecular complexity index is 946. The summed E-state index contributed by atoms with van der Waals surface area (Å²) in [4.78, 5) is 27.6. The molecule has 3 aromatic rings. The van der Waals surface area contributed by atoms with E-state index < -0.39 is 11.8 Å². The number of hydrogen-bond acceptors (Lipinski definition) is 2. The maximum absolute atomic E-state index is 13.0. The van der Waals surface area contributed by atoms with Crippen LogP contribution in [0.5, 0.6) is 0 Å². The molecule has 1 aliphatic rings. The highest BCUT2D eigenvalue weighted by Gasteiger charge is 2.35. The molecule has 0 aromatic heterocycles. The molecule has 1 unspecified atom stereocenters. The molecular formula is C24H22N2O2. The minimum absolute atomic E-state index is 0.0393. The summed E-state index contributed by atoms with van der Waals surface area (Å²) < 4.78 is 0. The van der Waals surface area contributed by atoms with Crippen molar-refractivity contribution in [3.8, 4) is 0 Å². The van der Waals surface area contributed by atoms with Crippen molar-refractivity contribution in [1.29, 1.82) is 0 Å². The van der Waals surface area contributed by atoms with E-state index in [0.29, 0.717) is 0 Å². The Labute approximate surface area is 164 Å². The standard InChI is InChI=1S/C24H22N2O2/c1-17-16-20-14-8-9-15-21(20)26(17)24(28)23(27)25-22(18-10-4-2-5-11-18)19-12-6-3-7-13-19/h2-15,17,22H,16H2,1H3,(H,25,27). The molecule has 0 fully saturated rings. The molecule has 140 valence electrons. The second-order valence-electron chi connectivity index (χ2n) is 7.08. The van der Waals surface area contributed by atoms with Crippen molar-refractivity contribution in [2.75, 3.05) is 4.90 Å². The number of amides is 2. The number of hydrogen-bond donors (Lipinski definition) is 1. The summed E-state index contributed by atoms with van der Waals surface area (Å²) in [5, 5.41) is 2.95.